The van der Waals surface area contributed by atoms with Gasteiger partial charge in [-0.3, -0.25) is 0 Å². The molecular formula is C9H13F3N2S. The number of aromatic nitrogens is 1. The maximum Gasteiger partial charge on any atom is 0.389 e. The van der Waals surface area contributed by atoms with Crippen molar-refractivity contribution in [2.75, 3.05) is 6.54 Å². The minimum absolute atomic E-state index is 0.0180. The summed E-state index contributed by atoms with van der Waals surface area (Å²) in [5.74, 6) is 0. The van der Waals surface area contributed by atoms with E-state index < -0.39 is 12.6 Å². The van der Waals surface area contributed by atoms with Crippen LogP contribution in [0.4, 0.5) is 13.2 Å². The molecule has 1 rings (SSSR count). The van der Waals surface area contributed by atoms with Crippen LogP contribution in [0.1, 0.15) is 31.5 Å². The molecule has 0 aromatic carbocycles. The third kappa shape index (κ3) is 5.13. The number of thiazole rings is 1. The smallest absolute Gasteiger partial charge is 0.309 e. The van der Waals surface area contributed by atoms with Crippen molar-refractivity contribution in [1.82, 2.24) is 10.3 Å². The van der Waals surface area contributed by atoms with E-state index in [9.17, 15) is 13.2 Å². The summed E-state index contributed by atoms with van der Waals surface area (Å²) in [7, 11) is 0. The van der Waals surface area contributed by atoms with Crippen molar-refractivity contribution in [1.29, 1.82) is 0 Å². The van der Waals surface area contributed by atoms with E-state index in [1.807, 2.05) is 12.3 Å². The molecule has 0 saturated carbocycles. The predicted molar refractivity (Wildman–Crippen MR) is 53.8 cm³/mol. The number of nitrogens with one attached hydrogen (secondary N) is 1. The van der Waals surface area contributed by atoms with E-state index in [0.717, 1.165) is 5.69 Å². The minimum atomic E-state index is -4.05. The maximum atomic E-state index is 11.8. The van der Waals surface area contributed by atoms with Gasteiger partial charge < -0.3 is 5.32 Å². The normalized spacial score (nSPS) is 14.1. The van der Waals surface area contributed by atoms with Crippen LogP contribution in [-0.2, 0) is 0 Å². The van der Waals surface area contributed by atoms with Crippen molar-refractivity contribution in [3.05, 3.63) is 16.6 Å². The molecule has 0 saturated heterocycles. The fraction of sp³-hybridized carbons (Fsp3) is 0.667. The Labute approximate surface area is 90.5 Å². The van der Waals surface area contributed by atoms with Crippen molar-refractivity contribution in [2.45, 2.75) is 32.0 Å². The zero-order valence-corrected chi connectivity index (χ0v) is 9.16. The van der Waals surface area contributed by atoms with Crippen LogP contribution in [0.25, 0.3) is 0 Å². The van der Waals surface area contributed by atoms with Gasteiger partial charge in [0.1, 0.15) is 0 Å². The Morgan fingerprint density at radius 1 is 1.53 bits per heavy atom. The molecule has 6 heteroatoms. The molecule has 0 radical (unpaired) electrons. The molecule has 1 N–H and O–H groups in total. The fourth-order valence-electron chi connectivity index (χ4n) is 1.15. The highest BCUT2D eigenvalue weighted by molar-refractivity contribution is 7.07. The number of halogens is 3. The minimum Gasteiger partial charge on any atom is -0.309 e. The highest BCUT2D eigenvalue weighted by atomic mass is 32.1. The summed E-state index contributed by atoms with van der Waals surface area (Å²) in [5.41, 5.74) is 2.59. The van der Waals surface area contributed by atoms with Gasteiger partial charge in [-0.05, 0) is 19.9 Å². The first kappa shape index (κ1) is 12.4. The summed E-state index contributed by atoms with van der Waals surface area (Å²) in [6.45, 7) is 2.25. The lowest BCUT2D eigenvalue weighted by Crippen LogP contribution is -2.21. The summed E-state index contributed by atoms with van der Waals surface area (Å²) >= 11 is 1.48. The Morgan fingerprint density at radius 3 is 2.80 bits per heavy atom. The third-order valence-electron chi connectivity index (χ3n) is 1.98. The van der Waals surface area contributed by atoms with Crippen LogP contribution in [-0.4, -0.2) is 17.7 Å². The maximum absolute atomic E-state index is 11.8. The Bertz CT molecular complexity index is 271. The Hall–Kier alpha value is -0.620. The van der Waals surface area contributed by atoms with Gasteiger partial charge in [-0.1, -0.05) is 0 Å². The lowest BCUT2D eigenvalue weighted by molar-refractivity contribution is -0.135. The lowest BCUT2D eigenvalue weighted by atomic mass is 10.2. The number of hydrogen-bond donors (Lipinski definition) is 1. The van der Waals surface area contributed by atoms with Gasteiger partial charge >= 0.3 is 6.18 Å². The quantitative estimate of drug-likeness (QED) is 0.797. The van der Waals surface area contributed by atoms with Gasteiger partial charge in [0, 0.05) is 17.8 Å². The van der Waals surface area contributed by atoms with Gasteiger partial charge in [0.05, 0.1) is 11.2 Å². The lowest BCUT2D eigenvalue weighted by Gasteiger charge is -2.11. The summed E-state index contributed by atoms with van der Waals surface area (Å²) < 4.78 is 35.4. The fourth-order valence-corrected chi connectivity index (χ4v) is 1.80. The van der Waals surface area contributed by atoms with Crippen LogP contribution >= 0.6 is 11.3 Å². The summed E-state index contributed by atoms with van der Waals surface area (Å²) in [6, 6.07) is 0.0180. The average molecular weight is 238 g/mol. The molecule has 0 aliphatic rings. The van der Waals surface area contributed by atoms with Crippen molar-refractivity contribution in [3.8, 4) is 0 Å². The summed E-state index contributed by atoms with van der Waals surface area (Å²) in [4.78, 5) is 4.08. The van der Waals surface area contributed by atoms with Crippen molar-refractivity contribution in [3.63, 3.8) is 0 Å². The van der Waals surface area contributed by atoms with Gasteiger partial charge in [0.25, 0.3) is 0 Å². The SMILES string of the molecule is CC(NCCCC(F)(F)F)c1cscn1. The zero-order valence-electron chi connectivity index (χ0n) is 8.34. The topological polar surface area (TPSA) is 24.9 Å². The highest BCUT2D eigenvalue weighted by Crippen LogP contribution is 2.21. The molecule has 1 heterocycles. The third-order valence-corrected chi connectivity index (χ3v) is 2.59. The van der Waals surface area contributed by atoms with Gasteiger partial charge in [0.15, 0.2) is 0 Å². The number of nitrogens with zero attached hydrogens (tertiary/aromatic N) is 1. The van der Waals surface area contributed by atoms with E-state index in [2.05, 4.69) is 10.3 Å². The second-order valence-corrected chi connectivity index (χ2v) is 4.03. The Balaban J connectivity index is 2.16. The van der Waals surface area contributed by atoms with Crippen molar-refractivity contribution in [2.24, 2.45) is 0 Å². The molecule has 0 spiro atoms. The Kier molecular flexibility index (Phi) is 4.53. The largest absolute Gasteiger partial charge is 0.389 e. The van der Waals surface area contributed by atoms with E-state index in [4.69, 9.17) is 0 Å². The molecule has 0 amide bonds. The van der Waals surface area contributed by atoms with E-state index in [1.54, 1.807) is 5.51 Å². The molecule has 15 heavy (non-hydrogen) atoms. The van der Waals surface area contributed by atoms with Crippen LogP contribution in [0.5, 0.6) is 0 Å². The van der Waals surface area contributed by atoms with E-state index in [1.165, 1.54) is 11.3 Å². The molecule has 0 aliphatic carbocycles. The van der Waals surface area contributed by atoms with Crippen LogP contribution < -0.4 is 5.32 Å². The number of rotatable bonds is 5. The zero-order chi connectivity index (χ0) is 11.3. The molecule has 1 aromatic rings. The van der Waals surface area contributed by atoms with E-state index in [0.29, 0.717) is 6.54 Å². The van der Waals surface area contributed by atoms with E-state index >= 15 is 0 Å². The molecule has 0 bridgehead atoms. The van der Waals surface area contributed by atoms with Gasteiger partial charge in [-0.2, -0.15) is 13.2 Å². The monoisotopic (exact) mass is 238 g/mol. The molecule has 2 nitrogen and oxygen atoms in total. The standard InChI is InChI=1S/C9H13F3N2S/c1-7(8-5-15-6-14-8)13-4-2-3-9(10,11)12/h5-7,13H,2-4H2,1H3. The van der Waals surface area contributed by atoms with Crippen molar-refractivity contribution >= 4 is 11.3 Å². The average Bonchev–Trinajstić information content (AvgIpc) is 2.63. The molecule has 0 fully saturated rings. The highest BCUT2D eigenvalue weighted by Gasteiger charge is 2.25. The van der Waals surface area contributed by atoms with Crippen molar-refractivity contribution < 1.29 is 13.2 Å². The first-order valence-corrected chi connectivity index (χ1v) is 5.61. The Morgan fingerprint density at radius 2 is 2.27 bits per heavy atom. The molecule has 86 valence electrons. The summed E-state index contributed by atoms with van der Waals surface area (Å²) in [5, 5.41) is 4.89. The van der Waals surface area contributed by atoms with Gasteiger partial charge in [-0.25, -0.2) is 4.98 Å². The van der Waals surface area contributed by atoms with Crippen LogP contribution in [0.15, 0.2) is 10.9 Å². The van der Waals surface area contributed by atoms with E-state index in [-0.39, 0.29) is 12.5 Å². The first-order valence-electron chi connectivity index (χ1n) is 4.67. The first-order chi connectivity index (χ1) is 6.99. The molecule has 1 atom stereocenters. The summed E-state index contributed by atoms with van der Waals surface area (Å²) in [6.07, 6.45) is -4.67. The second-order valence-electron chi connectivity index (χ2n) is 3.31. The number of hydrogen-bond acceptors (Lipinski definition) is 3. The van der Waals surface area contributed by atoms with Crippen LogP contribution in [0.3, 0.4) is 0 Å². The number of alkyl halides is 3. The molecule has 0 aliphatic heterocycles. The van der Waals surface area contributed by atoms with Crippen LogP contribution in [0, 0.1) is 0 Å². The molecule has 1 unspecified atom stereocenters. The van der Waals surface area contributed by atoms with Gasteiger partial charge in [-0.15, -0.1) is 11.3 Å². The second kappa shape index (κ2) is 5.46. The van der Waals surface area contributed by atoms with Gasteiger partial charge in [0.2, 0.25) is 0 Å². The molecule has 1 aromatic heterocycles. The van der Waals surface area contributed by atoms with Crippen LogP contribution in [0.2, 0.25) is 0 Å². The predicted octanol–water partition coefficient (Wildman–Crippen LogP) is 3.14. The molecular weight excluding hydrogens is 225 g/mol.